The molecular weight excluding hydrogens is 296 g/mol. The molecule has 0 spiro atoms. The largest absolute Gasteiger partial charge is 0.465 e. The van der Waals surface area contributed by atoms with Crippen LogP contribution in [0.5, 0.6) is 0 Å². The van der Waals surface area contributed by atoms with Crippen molar-refractivity contribution < 1.29 is 9.53 Å². The van der Waals surface area contributed by atoms with Gasteiger partial charge in [0.15, 0.2) is 0 Å². The molecule has 2 saturated carbocycles. The average molecular weight is 331 g/mol. The molecule has 0 aromatic carbocycles. The summed E-state index contributed by atoms with van der Waals surface area (Å²) in [7, 11) is 0. The van der Waals surface area contributed by atoms with Gasteiger partial charge in [0.1, 0.15) is 0 Å². The van der Waals surface area contributed by atoms with Crippen LogP contribution in [0.4, 0.5) is 0 Å². The summed E-state index contributed by atoms with van der Waals surface area (Å²) in [6.45, 7) is 13.4. The Kier molecular flexibility index (Phi) is 4.47. The highest BCUT2D eigenvalue weighted by Crippen LogP contribution is 2.63. The summed E-state index contributed by atoms with van der Waals surface area (Å²) < 4.78 is 5.50. The number of hydrogen-bond acceptors (Lipinski definition) is 2. The van der Waals surface area contributed by atoms with Gasteiger partial charge in [-0.1, -0.05) is 44.9 Å². The minimum atomic E-state index is -0.140. The number of carbonyl (C=O) groups excluding carboxylic acids is 1. The van der Waals surface area contributed by atoms with E-state index in [2.05, 4.69) is 39.5 Å². The van der Waals surface area contributed by atoms with Gasteiger partial charge in [-0.25, -0.2) is 0 Å². The van der Waals surface area contributed by atoms with Gasteiger partial charge in [-0.2, -0.15) is 0 Å². The standard InChI is InChI=1S/C22H34O2/c1-6-20(3)13-10-18-17(14-20)8-9-19-21(4,15-24-16(2)23)11-7-12-22(18,19)5/h6,14,18-19H,1,7-13,15H2,2-5H3/t18-,19-,20-,21-,22+/m0/s1. The summed E-state index contributed by atoms with van der Waals surface area (Å²) in [6.07, 6.45) is 13.4. The Morgan fingerprint density at radius 2 is 2.04 bits per heavy atom. The van der Waals surface area contributed by atoms with E-state index in [1.807, 2.05) is 0 Å². The number of carbonyl (C=O) groups is 1. The molecule has 2 heteroatoms. The van der Waals surface area contributed by atoms with Gasteiger partial charge in [-0.15, -0.1) is 6.58 Å². The second kappa shape index (κ2) is 6.04. The van der Waals surface area contributed by atoms with Crippen molar-refractivity contribution in [3.63, 3.8) is 0 Å². The van der Waals surface area contributed by atoms with Crippen LogP contribution >= 0.6 is 0 Å². The van der Waals surface area contributed by atoms with Crippen molar-refractivity contribution >= 4 is 5.97 Å². The average Bonchev–Trinajstić information content (AvgIpc) is 2.52. The lowest BCUT2D eigenvalue weighted by Gasteiger charge is -2.60. The van der Waals surface area contributed by atoms with Crippen molar-refractivity contribution in [3.05, 3.63) is 24.3 Å². The molecule has 0 saturated heterocycles. The molecule has 0 aliphatic heterocycles. The first kappa shape index (κ1) is 17.8. The summed E-state index contributed by atoms with van der Waals surface area (Å²) in [6, 6.07) is 0. The lowest BCUT2D eigenvalue weighted by molar-refractivity contribution is -0.153. The molecule has 0 N–H and O–H groups in total. The highest BCUT2D eigenvalue weighted by molar-refractivity contribution is 5.65. The van der Waals surface area contributed by atoms with Gasteiger partial charge in [-0.05, 0) is 55.8 Å². The summed E-state index contributed by atoms with van der Waals surface area (Å²) in [5, 5.41) is 0. The molecule has 0 aromatic heterocycles. The van der Waals surface area contributed by atoms with Gasteiger partial charge in [-0.3, -0.25) is 4.79 Å². The summed E-state index contributed by atoms with van der Waals surface area (Å²) >= 11 is 0. The van der Waals surface area contributed by atoms with E-state index in [0.717, 1.165) is 0 Å². The highest BCUT2D eigenvalue weighted by Gasteiger charge is 2.55. The Morgan fingerprint density at radius 1 is 1.29 bits per heavy atom. The third-order valence-electron chi connectivity index (χ3n) is 7.62. The number of ether oxygens (including phenoxy) is 1. The Morgan fingerprint density at radius 3 is 2.71 bits per heavy atom. The quantitative estimate of drug-likeness (QED) is 0.491. The molecule has 0 amide bonds. The Balaban J connectivity index is 1.89. The third kappa shape index (κ3) is 2.86. The van der Waals surface area contributed by atoms with Crippen molar-refractivity contribution in [2.24, 2.45) is 28.1 Å². The first-order valence-electron chi connectivity index (χ1n) is 9.71. The smallest absolute Gasteiger partial charge is 0.302 e. The molecule has 0 heterocycles. The Hall–Kier alpha value is -1.05. The highest BCUT2D eigenvalue weighted by atomic mass is 16.5. The van der Waals surface area contributed by atoms with Gasteiger partial charge in [0.25, 0.3) is 0 Å². The van der Waals surface area contributed by atoms with Crippen LogP contribution in [0.2, 0.25) is 0 Å². The van der Waals surface area contributed by atoms with Crippen molar-refractivity contribution in [3.8, 4) is 0 Å². The zero-order chi connectivity index (χ0) is 17.6. The van der Waals surface area contributed by atoms with Crippen molar-refractivity contribution in [2.75, 3.05) is 6.61 Å². The Labute approximate surface area is 147 Å². The first-order valence-corrected chi connectivity index (χ1v) is 9.71. The second-order valence-electron chi connectivity index (χ2n) is 9.41. The monoisotopic (exact) mass is 330 g/mol. The lowest BCUT2D eigenvalue weighted by Crippen LogP contribution is -2.53. The van der Waals surface area contributed by atoms with Crippen LogP contribution in [0.25, 0.3) is 0 Å². The normalized spacial score (nSPS) is 44.8. The van der Waals surface area contributed by atoms with E-state index in [-0.39, 0.29) is 16.8 Å². The van der Waals surface area contributed by atoms with Crippen molar-refractivity contribution in [1.82, 2.24) is 0 Å². The predicted octanol–water partition coefficient (Wildman–Crippen LogP) is 5.68. The molecule has 3 aliphatic carbocycles. The van der Waals surface area contributed by atoms with Crippen LogP contribution in [-0.2, 0) is 9.53 Å². The van der Waals surface area contributed by atoms with E-state index in [9.17, 15) is 4.79 Å². The van der Waals surface area contributed by atoms with Gasteiger partial charge in [0.2, 0.25) is 0 Å². The van der Waals surface area contributed by atoms with E-state index in [1.54, 1.807) is 5.57 Å². The molecule has 0 aromatic rings. The van der Waals surface area contributed by atoms with E-state index in [4.69, 9.17) is 4.74 Å². The van der Waals surface area contributed by atoms with Gasteiger partial charge < -0.3 is 4.74 Å². The SMILES string of the molecule is C=C[C@]1(C)C=C2CC[C@H]3[C@](C)(COC(C)=O)CCC[C@]3(C)[C@H]2CC1. The number of fused-ring (bicyclic) bond motifs is 3. The molecule has 24 heavy (non-hydrogen) atoms. The maximum Gasteiger partial charge on any atom is 0.302 e. The molecule has 2 fully saturated rings. The van der Waals surface area contributed by atoms with Crippen molar-refractivity contribution in [1.29, 1.82) is 0 Å². The zero-order valence-corrected chi connectivity index (χ0v) is 16.0. The Bertz CT molecular complexity index is 562. The minimum absolute atomic E-state index is 0.140. The molecular formula is C22H34O2. The van der Waals surface area contributed by atoms with Gasteiger partial charge >= 0.3 is 5.97 Å². The maximum absolute atomic E-state index is 11.4. The fraction of sp³-hybridized carbons (Fsp3) is 0.773. The third-order valence-corrected chi connectivity index (χ3v) is 7.62. The summed E-state index contributed by atoms with van der Waals surface area (Å²) in [5.74, 6) is 1.23. The fourth-order valence-electron chi connectivity index (χ4n) is 6.26. The van der Waals surface area contributed by atoms with E-state index in [1.165, 1.54) is 51.9 Å². The molecule has 0 radical (unpaired) electrons. The van der Waals surface area contributed by atoms with Gasteiger partial charge in [0.05, 0.1) is 6.61 Å². The number of esters is 1. The van der Waals surface area contributed by atoms with Crippen LogP contribution in [0, 0.1) is 28.1 Å². The van der Waals surface area contributed by atoms with Gasteiger partial charge in [0, 0.05) is 17.8 Å². The fourth-order valence-corrected chi connectivity index (χ4v) is 6.26. The van der Waals surface area contributed by atoms with E-state index < -0.39 is 0 Å². The predicted molar refractivity (Wildman–Crippen MR) is 98.5 cm³/mol. The number of allylic oxidation sites excluding steroid dienone is 3. The minimum Gasteiger partial charge on any atom is -0.465 e. The maximum atomic E-state index is 11.4. The van der Waals surface area contributed by atoms with E-state index >= 15 is 0 Å². The second-order valence-corrected chi connectivity index (χ2v) is 9.41. The first-order chi connectivity index (χ1) is 11.2. The molecule has 5 atom stereocenters. The molecule has 3 rings (SSSR count). The lowest BCUT2D eigenvalue weighted by atomic mass is 9.45. The van der Waals surface area contributed by atoms with Crippen LogP contribution in [-0.4, -0.2) is 12.6 Å². The topological polar surface area (TPSA) is 26.3 Å². The number of rotatable bonds is 3. The van der Waals surface area contributed by atoms with E-state index in [0.29, 0.717) is 23.9 Å². The molecule has 3 aliphatic rings. The molecule has 0 bridgehead atoms. The van der Waals surface area contributed by atoms with Crippen LogP contribution in [0.1, 0.15) is 72.6 Å². The number of hydrogen-bond donors (Lipinski definition) is 0. The molecule has 2 nitrogen and oxygen atoms in total. The van der Waals surface area contributed by atoms with Crippen LogP contribution in [0.3, 0.4) is 0 Å². The van der Waals surface area contributed by atoms with Crippen LogP contribution in [0.15, 0.2) is 24.3 Å². The van der Waals surface area contributed by atoms with Crippen molar-refractivity contribution in [2.45, 2.75) is 72.6 Å². The molecule has 134 valence electrons. The summed E-state index contributed by atoms with van der Waals surface area (Å²) in [4.78, 5) is 11.4. The van der Waals surface area contributed by atoms with Crippen LogP contribution < -0.4 is 0 Å². The molecule has 0 unspecified atom stereocenters. The summed E-state index contributed by atoms with van der Waals surface area (Å²) in [5.41, 5.74) is 2.37. The zero-order valence-electron chi connectivity index (χ0n) is 16.0.